The van der Waals surface area contributed by atoms with Gasteiger partial charge in [0.15, 0.2) is 0 Å². The minimum absolute atomic E-state index is 0.679. The van der Waals surface area contributed by atoms with Crippen molar-refractivity contribution in [3.63, 3.8) is 0 Å². The van der Waals surface area contributed by atoms with Crippen LogP contribution in [0.4, 0.5) is 0 Å². The Kier molecular flexibility index (Phi) is 6.16. The number of hydrogen-bond acceptors (Lipinski definition) is 3. The number of likely N-dealkylation sites (N-methyl/N-ethyl adjacent to an activating group) is 1. The predicted molar refractivity (Wildman–Crippen MR) is 76.4 cm³/mol. The molecular weight excluding hydrogens is 224 g/mol. The highest BCUT2D eigenvalue weighted by atomic mass is 16.3. The van der Waals surface area contributed by atoms with Crippen molar-refractivity contribution in [1.82, 2.24) is 10.2 Å². The lowest BCUT2D eigenvalue weighted by Crippen LogP contribution is -2.19. The van der Waals surface area contributed by atoms with Crippen LogP contribution in [0.5, 0.6) is 0 Å². The maximum Gasteiger partial charge on any atom is 0.118 e. The van der Waals surface area contributed by atoms with Crippen molar-refractivity contribution in [1.29, 1.82) is 0 Å². The Labute approximate surface area is 111 Å². The Morgan fingerprint density at radius 1 is 1.50 bits per heavy atom. The van der Waals surface area contributed by atoms with Crippen molar-refractivity contribution >= 4 is 0 Å². The molecular formula is C15H26N2O. The molecule has 0 aliphatic heterocycles. The van der Waals surface area contributed by atoms with E-state index in [-0.39, 0.29) is 0 Å². The van der Waals surface area contributed by atoms with Crippen molar-refractivity contribution in [2.45, 2.75) is 33.9 Å². The number of nitrogens with one attached hydrogen (secondary N) is 1. The lowest BCUT2D eigenvalue weighted by molar-refractivity contribution is 0.317. The molecule has 0 aliphatic carbocycles. The fourth-order valence-electron chi connectivity index (χ4n) is 1.89. The molecule has 1 rings (SSSR count). The van der Waals surface area contributed by atoms with Crippen LogP contribution in [0.2, 0.25) is 0 Å². The number of hydrogen-bond donors (Lipinski definition) is 1. The molecule has 102 valence electrons. The van der Waals surface area contributed by atoms with Gasteiger partial charge in [-0.3, -0.25) is 4.90 Å². The summed E-state index contributed by atoms with van der Waals surface area (Å²) in [6.07, 6.45) is 1.84. The Morgan fingerprint density at radius 2 is 2.22 bits per heavy atom. The van der Waals surface area contributed by atoms with Crippen molar-refractivity contribution < 1.29 is 4.42 Å². The third-order valence-corrected chi connectivity index (χ3v) is 2.56. The quantitative estimate of drug-likeness (QED) is 0.719. The first-order valence-corrected chi connectivity index (χ1v) is 6.57. The second kappa shape index (κ2) is 7.39. The highest BCUT2D eigenvalue weighted by Gasteiger charge is 2.05. The van der Waals surface area contributed by atoms with Gasteiger partial charge >= 0.3 is 0 Å². The summed E-state index contributed by atoms with van der Waals surface area (Å²) in [6, 6.07) is 2.13. The summed E-state index contributed by atoms with van der Waals surface area (Å²) in [7, 11) is 2.08. The zero-order valence-electron chi connectivity index (χ0n) is 12.1. The molecule has 0 aliphatic rings. The largest absolute Gasteiger partial charge is 0.468 e. The molecule has 18 heavy (non-hydrogen) atoms. The summed E-state index contributed by atoms with van der Waals surface area (Å²) >= 11 is 0. The predicted octanol–water partition coefficient (Wildman–Crippen LogP) is 3.03. The molecule has 0 fully saturated rings. The number of nitrogens with zero attached hydrogens (tertiary/aromatic N) is 1. The Bertz CT molecular complexity index is 368. The first-order chi connectivity index (χ1) is 8.47. The highest BCUT2D eigenvalue weighted by Crippen LogP contribution is 2.10. The van der Waals surface area contributed by atoms with Crippen molar-refractivity contribution in [2.75, 3.05) is 20.1 Å². The molecule has 0 spiro atoms. The zero-order chi connectivity index (χ0) is 13.5. The second-order valence-corrected chi connectivity index (χ2v) is 5.58. The van der Waals surface area contributed by atoms with E-state index in [0.717, 1.165) is 31.9 Å². The van der Waals surface area contributed by atoms with Crippen LogP contribution in [0.25, 0.3) is 0 Å². The minimum atomic E-state index is 0.679. The third-order valence-electron chi connectivity index (χ3n) is 2.56. The van der Waals surface area contributed by atoms with E-state index in [9.17, 15) is 0 Å². The topological polar surface area (TPSA) is 28.4 Å². The van der Waals surface area contributed by atoms with Gasteiger partial charge in [0.05, 0.1) is 12.8 Å². The van der Waals surface area contributed by atoms with Crippen LogP contribution >= 0.6 is 0 Å². The Balaban J connectivity index is 2.36. The molecule has 1 aromatic heterocycles. The van der Waals surface area contributed by atoms with Gasteiger partial charge in [0.25, 0.3) is 0 Å². The standard InChI is InChI=1S/C15H26N2O/c1-12(2)7-16-8-14-6-15(18-11-14)10-17(5)9-13(3)4/h6,11-12,16H,3,7-10H2,1-2,4-5H3. The molecule has 0 unspecified atom stereocenters. The Hall–Kier alpha value is -1.06. The molecule has 1 aromatic rings. The van der Waals surface area contributed by atoms with Gasteiger partial charge < -0.3 is 9.73 Å². The molecule has 3 nitrogen and oxygen atoms in total. The van der Waals surface area contributed by atoms with Crippen molar-refractivity contribution in [2.24, 2.45) is 5.92 Å². The highest BCUT2D eigenvalue weighted by molar-refractivity contribution is 5.12. The Morgan fingerprint density at radius 3 is 2.83 bits per heavy atom. The first-order valence-electron chi connectivity index (χ1n) is 6.57. The van der Waals surface area contributed by atoms with E-state index in [1.165, 1.54) is 11.1 Å². The van der Waals surface area contributed by atoms with Gasteiger partial charge in [-0.2, -0.15) is 0 Å². The van der Waals surface area contributed by atoms with Crippen LogP contribution in [0.15, 0.2) is 28.9 Å². The summed E-state index contributed by atoms with van der Waals surface area (Å²) in [6.45, 7) is 14.0. The number of furan rings is 1. The van der Waals surface area contributed by atoms with E-state index in [4.69, 9.17) is 4.42 Å². The molecule has 0 atom stereocenters. The molecule has 0 amide bonds. The van der Waals surface area contributed by atoms with Gasteiger partial charge in [-0.25, -0.2) is 0 Å². The first kappa shape index (κ1) is 15.0. The van der Waals surface area contributed by atoms with Gasteiger partial charge in [0.2, 0.25) is 0 Å². The summed E-state index contributed by atoms with van der Waals surface area (Å²) in [4.78, 5) is 2.20. The van der Waals surface area contributed by atoms with E-state index in [2.05, 4.69) is 43.8 Å². The maximum absolute atomic E-state index is 5.56. The second-order valence-electron chi connectivity index (χ2n) is 5.58. The minimum Gasteiger partial charge on any atom is -0.468 e. The molecule has 0 radical (unpaired) electrons. The van der Waals surface area contributed by atoms with E-state index in [1.54, 1.807) is 0 Å². The van der Waals surface area contributed by atoms with Crippen molar-refractivity contribution in [3.8, 4) is 0 Å². The van der Waals surface area contributed by atoms with Crippen LogP contribution in [0.1, 0.15) is 32.1 Å². The molecule has 1 N–H and O–H groups in total. The van der Waals surface area contributed by atoms with Crippen LogP contribution < -0.4 is 5.32 Å². The third kappa shape index (κ3) is 6.03. The van der Waals surface area contributed by atoms with E-state index >= 15 is 0 Å². The van der Waals surface area contributed by atoms with Gasteiger partial charge in [-0.05, 0) is 32.5 Å². The lowest BCUT2D eigenvalue weighted by Gasteiger charge is -2.14. The summed E-state index contributed by atoms with van der Waals surface area (Å²) in [5.41, 5.74) is 2.39. The maximum atomic E-state index is 5.56. The molecule has 0 aromatic carbocycles. The molecule has 3 heteroatoms. The number of rotatable bonds is 8. The van der Waals surface area contributed by atoms with Crippen LogP contribution in [0.3, 0.4) is 0 Å². The molecule has 0 saturated heterocycles. The van der Waals surface area contributed by atoms with Crippen LogP contribution in [-0.2, 0) is 13.1 Å². The van der Waals surface area contributed by atoms with Gasteiger partial charge in [0, 0.05) is 18.7 Å². The zero-order valence-corrected chi connectivity index (χ0v) is 12.1. The van der Waals surface area contributed by atoms with E-state index < -0.39 is 0 Å². The molecule has 0 bridgehead atoms. The molecule has 1 heterocycles. The molecule has 0 saturated carbocycles. The average Bonchev–Trinajstić information content (AvgIpc) is 2.63. The summed E-state index contributed by atoms with van der Waals surface area (Å²) in [5, 5.41) is 3.41. The normalized spacial score (nSPS) is 11.4. The van der Waals surface area contributed by atoms with E-state index in [0.29, 0.717) is 5.92 Å². The smallest absolute Gasteiger partial charge is 0.118 e. The van der Waals surface area contributed by atoms with E-state index in [1.807, 2.05) is 13.2 Å². The van der Waals surface area contributed by atoms with Crippen LogP contribution in [0, 0.1) is 5.92 Å². The van der Waals surface area contributed by atoms with Gasteiger partial charge in [-0.1, -0.05) is 26.0 Å². The average molecular weight is 250 g/mol. The summed E-state index contributed by atoms with van der Waals surface area (Å²) in [5.74, 6) is 1.69. The van der Waals surface area contributed by atoms with Crippen molar-refractivity contribution in [3.05, 3.63) is 35.8 Å². The lowest BCUT2D eigenvalue weighted by atomic mass is 10.2. The summed E-state index contributed by atoms with van der Waals surface area (Å²) < 4.78 is 5.56. The fourth-order valence-corrected chi connectivity index (χ4v) is 1.89. The van der Waals surface area contributed by atoms with Gasteiger partial charge in [0.1, 0.15) is 5.76 Å². The van der Waals surface area contributed by atoms with Gasteiger partial charge in [-0.15, -0.1) is 0 Å². The SMILES string of the molecule is C=C(C)CN(C)Cc1cc(CNCC(C)C)co1. The monoisotopic (exact) mass is 250 g/mol. The fraction of sp³-hybridized carbons (Fsp3) is 0.600. The van der Waals surface area contributed by atoms with Crippen LogP contribution in [-0.4, -0.2) is 25.0 Å².